The van der Waals surface area contributed by atoms with Crippen molar-refractivity contribution in [3.8, 4) is 16.9 Å². The number of hydrogen-bond donors (Lipinski definition) is 1. The number of methoxy groups -OCH3 is 1. The van der Waals surface area contributed by atoms with Crippen LogP contribution < -0.4 is 10.5 Å². The number of anilines is 1. The van der Waals surface area contributed by atoms with Gasteiger partial charge in [-0.1, -0.05) is 24.3 Å². The molecule has 1 unspecified atom stereocenters. The highest BCUT2D eigenvalue weighted by Crippen LogP contribution is 2.37. The minimum Gasteiger partial charge on any atom is -0.496 e. The molecule has 0 aliphatic carbocycles. The molecule has 1 amide bonds. The van der Waals surface area contributed by atoms with Gasteiger partial charge in [0, 0.05) is 31.4 Å². The van der Waals surface area contributed by atoms with Crippen LogP contribution in [-0.4, -0.2) is 71.6 Å². The molecular formula is C25H34N6O2. The molecule has 3 aromatic rings. The van der Waals surface area contributed by atoms with E-state index in [0.717, 1.165) is 59.4 Å². The van der Waals surface area contributed by atoms with Gasteiger partial charge in [0.05, 0.1) is 18.5 Å². The summed E-state index contributed by atoms with van der Waals surface area (Å²) in [5.74, 6) is 1.28. The minimum absolute atomic E-state index is 0.179. The van der Waals surface area contributed by atoms with Crippen molar-refractivity contribution in [2.45, 2.75) is 26.3 Å². The molecule has 33 heavy (non-hydrogen) atoms. The van der Waals surface area contributed by atoms with E-state index in [-0.39, 0.29) is 6.04 Å². The zero-order valence-electron chi connectivity index (χ0n) is 20.2. The number of aryl methyl sites for hydroxylation is 1. The van der Waals surface area contributed by atoms with Gasteiger partial charge >= 0.3 is 0 Å². The first-order chi connectivity index (χ1) is 15.9. The highest BCUT2D eigenvalue weighted by atomic mass is 16.5. The molecule has 1 atom stereocenters. The van der Waals surface area contributed by atoms with E-state index in [1.54, 1.807) is 12.0 Å². The highest BCUT2D eigenvalue weighted by molar-refractivity contribution is 6.00. The van der Waals surface area contributed by atoms with Crippen molar-refractivity contribution in [1.29, 1.82) is 0 Å². The summed E-state index contributed by atoms with van der Waals surface area (Å²) in [7, 11) is 5.78. The van der Waals surface area contributed by atoms with E-state index >= 15 is 0 Å². The molecular weight excluding hydrogens is 416 g/mol. The monoisotopic (exact) mass is 450 g/mol. The molecule has 2 N–H and O–H groups in total. The summed E-state index contributed by atoms with van der Waals surface area (Å²) in [5.41, 5.74) is 10.0. The fourth-order valence-corrected chi connectivity index (χ4v) is 4.00. The van der Waals surface area contributed by atoms with Crippen LogP contribution in [0.5, 0.6) is 5.75 Å². The summed E-state index contributed by atoms with van der Waals surface area (Å²) < 4.78 is 7.59. The molecule has 176 valence electrons. The Morgan fingerprint density at radius 3 is 2.70 bits per heavy atom. The Morgan fingerprint density at radius 1 is 1.30 bits per heavy atom. The Labute approximate surface area is 195 Å². The van der Waals surface area contributed by atoms with Crippen LogP contribution >= 0.6 is 0 Å². The highest BCUT2D eigenvalue weighted by Gasteiger charge is 2.26. The molecule has 0 bridgehead atoms. The predicted octanol–water partition coefficient (Wildman–Crippen LogP) is 3.52. The zero-order valence-corrected chi connectivity index (χ0v) is 20.2. The second kappa shape index (κ2) is 11.0. The number of nitrogen functional groups attached to an aromatic ring is 1. The van der Waals surface area contributed by atoms with Crippen LogP contribution in [0.3, 0.4) is 0 Å². The Hall–Kier alpha value is -3.39. The Balaban J connectivity index is 0.000000383. The van der Waals surface area contributed by atoms with Gasteiger partial charge in [-0.05, 0) is 51.6 Å². The van der Waals surface area contributed by atoms with Gasteiger partial charge in [0.2, 0.25) is 6.41 Å². The van der Waals surface area contributed by atoms with E-state index in [1.807, 2.05) is 26.0 Å². The van der Waals surface area contributed by atoms with Crippen molar-refractivity contribution in [1.82, 2.24) is 24.3 Å². The number of allylic oxidation sites excluding steroid dienone is 1. The zero-order chi connectivity index (χ0) is 24.0. The smallest absolute Gasteiger partial charge is 0.209 e. The lowest BCUT2D eigenvalue weighted by atomic mass is 10.0. The standard InChI is InChI=1S/C19H21N5O2.C6H13N/c1-12-3-4-13(7-16(12)26-2)15-9-24(14-5-6-23(8-14)11-25)19-17(15)18(20)21-10-22-19;1-4-5-6-7(2)3/h3-4,7,9-11,14H,5-6,8H2,1-2H3,(H2,20,21,22);4-5H,6H2,1-3H3/b;5-4+. The van der Waals surface area contributed by atoms with Crippen molar-refractivity contribution >= 4 is 23.3 Å². The average molecular weight is 451 g/mol. The van der Waals surface area contributed by atoms with Gasteiger partial charge in [0.1, 0.15) is 23.5 Å². The van der Waals surface area contributed by atoms with E-state index in [0.29, 0.717) is 12.4 Å². The van der Waals surface area contributed by atoms with Gasteiger partial charge in [-0.15, -0.1) is 0 Å². The Kier molecular flexibility index (Phi) is 8.06. The van der Waals surface area contributed by atoms with E-state index in [2.05, 4.69) is 57.9 Å². The molecule has 8 nitrogen and oxygen atoms in total. The Morgan fingerprint density at radius 2 is 2.09 bits per heavy atom. The van der Waals surface area contributed by atoms with Gasteiger partial charge < -0.3 is 24.8 Å². The average Bonchev–Trinajstić information content (AvgIpc) is 3.44. The van der Waals surface area contributed by atoms with Gasteiger partial charge in [0.15, 0.2) is 0 Å². The molecule has 1 saturated heterocycles. The first-order valence-electron chi connectivity index (χ1n) is 11.1. The molecule has 1 aromatic carbocycles. The van der Waals surface area contributed by atoms with Crippen molar-refractivity contribution in [3.05, 3.63) is 48.4 Å². The Bertz CT molecular complexity index is 1120. The number of fused-ring (bicyclic) bond motifs is 1. The summed E-state index contributed by atoms with van der Waals surface area (Å²) in [6.45, 7) is 6.52. The summed E-state index contributed by atoms with van der Waals surface area (Å²) in [6, 6.07) is 6.27. The van der Waals surface area contributed by atoms with Gasteiger partial charge in [-0.25, -0.2) is 9.97 Å². The van der Waals surface area contributed by atoms with Gasteiger partial charge in [-0.3, -0.25) is 4.79 Å². The molecule has 0 spiro atoms. The van der Waals surface area contributed by atoms with E-state index in [4.69, 9.17) is 10.5 Å². The van der Waals surface area contributed by atoms with Crippen LogP contribution in [0, 0.1) is 6.92 Å². The van der Waals surface area contributed by atoms with Crippen LogP contribution in [0.4, 0.5) is 5.82 Å². The first-order valence-corrected chi connectivity index (χ1v) is 11.1. The van der Waals surface area contributed by atoms with E-state index < -0.39 is 0 Å². The number of likely N-dealkylation sites (N-methyl/N-ethyl adjacent to an activating group) is 1. The number of aromatic nitrogens is 3. The predicted molar refractivity (Wildman–Crippen MR) is 133 cm³/mol. The molecule has 1 fully saturated rings. The largest absolute Gasteiger partial charge is 0.496 e. The maximum Gasteiger partial charge on any atom is 0.209 e. The van der Waals surface area contributed by atoms with Crippen molar-refractivity contribution in [3.63, 3.8) is 0 Å². The quantitative estimate of drug-likeness (QED) is 0.457. The molecule has 3 heterocycles. The number of ether oxygens (including phenoxy) is 1. The molecule has 0 radical (unpaired) electrons. The first kappa shape index (κ1) is 24.3. The normalized spacial score (nSPS) is 15.8. The van der Waals surface area contributed by atoms with Crippen LogP contribution in [0.1, 0.15) is 24.9 Å². The third kappa shape index (κ3) is 5.51. The summed E-state index contributed by atoms with van der Waals surface area (Å²) in [6.07, 6.45) is 9.53. The number of hydrogen-bond acceptors (Lipinski definition) is 6. The van der Waals surface area contributed by atoms with Crippen molar-refractivity contribution in [2.75, 3.05) is 46.6 Å². The van der Waals surface area contributed by atoms with Crippen LogP contribution in [0.2, 0.25) is 0 Å². The number of likely N-dealkylation sites (tertiary alicyclic amines) is 1. The third-order valence-corrected chi connectivity index (χ3v) is 5.80. The molecule has 8 heteroatoms. The van der Waals surface area contributed by atoms with Crippen LogP contribution in [0.15, 0.2) is 42.9 Å². The summed E-state index contributed by atoms with van der Waals surface area (Å²) in [4.78, 5) is 23.7. The van der Waals surface area contributed by atoms with E-state index in [9.17, 15) is 4.79 Å². The maximum atomic E-state index is 11.1. The molecule has 0 saturated carbocycles. The molecule has 2 aromatic heterocycles. The number of amides is 1. The molecule has 4 rings (SSSR count). The van der Waals surface area contributed by atoms with Gasteiger partial charge in [0.25, 0.3) is 0 Å². The fraction of sp³-hybridized carbons (Fsp3) is 0.400. The van der Waals surface area contributed by atoms with Crippen molar-refractivity contribution < 1.29 is 9.53 Å². The number of rotatable bonds is 6. The van der Waals surface area contributed by atoms with Gasteiger partial charge in [-0.2, -0.15) is 0 Å². The van der Waals surface area contributed by atoms with Crippen LogP contribution in [0.25, 0.3) is 22.2 Å². The summed E-state index contributed by atoms with van der Waals surface area (Å²) >= 11 is 0. The molecule has 1 aliphatic heterocycles. The number of nitrogens with two attached hydrogens (primary N) is 1. The lowest BCUT2D eigenvalue weighted by Gasteiger charge is -2.13. The van der Waals surface area contributed by atoms with E-state index in [1.165, 1.54) is 6.33 Å². The summed E-state index contributed by atoms with van der Waals surface area (Å²) in [5, 5.41) is 0.836. The molecule has 1 aliphatic rings. The number of benzene rings is 1. The number of nitrogens with zero attached hydrogens (tertiary/aromatic N) is 5. The number of carbonyl (C=O) groups is 1. The lowest BCUT2D eigenvalue weighted by molar-refractivity contribution is -0.117. The lowest BCUT2D eigenvalue weighted by Crippen LogP contribution is -2.19. The second-order valence-electron chi connectivity index (χ2n) is 8.47. The van der Waals surface area contributed by atoms with Crippen LogP contribution in [-0.2, 0) is 4.79 Å². The maximum absolute atomic E-state index is 11.1. The third-order valence-electron chi connectivity index (χ3n) is 5.80. The topological polar surface area (TPSA) is 89.5 Å². The van der Waals surface area contributed by atoms with Crippen molar-refractivity contribution in [2.24, 2.45) is 0 Å². The second-order valence-corrected chi connectivity index (χ2v) is 8.47. The fourth-order valence-electron chi connectivity index (χ4n) is 4.00. The minimum atomic E-state index is 0.179. The SMILES string of the molecule is C/C=C/CN(C)C.COc1cc(-c2cn(C3CCN(C=O)C3)c3ncnc(N)c23)ccc1C. The number of carbonyl (C=O) groups excluding carboxylic acids is 1.